The van der Waals surface area contributed by atoms with Gasteiger partial charge in [0.1, 0.15) is 6.10 Å². The van der Waals surface area contributed by atoms with Crippen LogP contribution in [0.15, 0.2) is 0 Å². The van der Waals surface area contributed by atoms with Crippen molar-refractivity contribution >= 4 is 17.7 Å². The van der Waals surface area contributed by atoms with E-state index in [0.29, 0.717) is 5.88 Å². The minimum atomic E-state index is -0.350. The first-order valence-corrected chi connectivity index (χ1v) is 5.39. The van der Waals surface area contributed by atoms with Crippen molar-refractivity contribution in [3.05, 3.63) is 0 Å². The molecule has 0 saturated heterocycles. The Morgan fingerprint density at radius 3 is 2.50 bits per heavy atom. The third-order valence-corrected chi connectivity index (χ3v) is 1.67. The van der Waals surface area contributed by atoms with Crippen molar-refractivity contribution in [2.24, 2.45) is 0 Å². The molecule has 0 aromatic rings. The van der Waals surface area contributed by atoms with Crippen molar-refractivity contribution in [3.63, 3.8) is 0 Å². The Kier molecular flexibility index (Phi) is 6.20. The quantitative estimate of drug-likeness (QED) is 0.664. The number of amides is 1. The van der Waals surface area contributed by atoms with Gasteiger partial charge in [-0.15, -0.1) is 11.8 Å². The first-order chi connectivity index (χ1) is 5.57. The Labute approximate surface area is 78.2 Å². The summed E-state index contributed by atoms with van der Waals surface area (Å²) in [4.78, 5) is 11.2. The molecule has 0 aliphatic heterocycles. The van der Waals surface area contributed by atoms with E-state index in [4.69, 9.17) is 4.74 Å². The number of carbonyl (C=O) groups excluding carboxylic acids is 1. The molecule has 0 rings (SSSR count). The van der Waals surface area contributed by atoms with E-state index in [1.165, 1.54) is 0 Å². The van der Waals surface area contributed by atoms with E-state index >= 15 is 0 Å². The van der Waals surface area contributed by atoms with Crippen LogP contribution in [0.1, 0.15) is 20.8 Å². The molecule has 1 amide bonds. The molecule has 0 bridgehead atoms. The second-order valence-corrected chi connectivity index (χ2v) is 3.67. The highest BCUT2D eigenvalue weighted by atomic mass is 32.2. The molecule has 0 heterocycles. The monoisotopic (exact) mass is 191 g/mol. The van der Waals surface area contributed by atoms with Crippen LogP contribution in [0, 0.1) is 0 Å². The lowest BCUT2D eigenvalue weighted by atomic mass is 10.3. The van der Waals surface area contributed by atoms with Crippen molar-refractivity contribution < 1.29 is 9.53 Å². The van der Waals surface area contributed by atoms with Gasteiger partial charge in [-0.3, -0.25) is 4.79 Å². The van der Waals surface area contributed by atoms with Crippen LogP contribution >= 0.6 is 11.8 Å². The zero-order chi connectivity index (χ0) is 9.56. The molecule has 0 radical (unpaired) electrons. The maximum Gasteiger partial charge on any atom is 0.249 e. The second kappa shape index (κ2) is 6.31. The molecule has 72 valence electrons. The lowest BCUT2D eigenvalue weighted by molar-refractivity contribution is -0.133. The highest BCUT2D eigenvalue weighted by molar-refractivity contribution is 7.98. The molecule has 0 aromatic heterocycles. The lowest BCUT2D eigenvalue weighted by Gasteiger charge is -2.15. The first kappa shape index (κ1) is 11.8. The summed E-state index contributed by atoms with van der Waals surface area (Å²) in [6.45, 7) is 5.59. The molecule has 3 nitrogen and oxygen atoms in total. The van der Waals surface area contributed by atoms with Crippen molar-refractivity contribution in [1.29, 1.82) is 0 Å². The third kappa shape index (κ3) is 5.43. The molecule has 0 fully saturated rings. The van der Waals surface area contributed by atoms with Gasteiger partial charge in [-0.05, 0) is 27.0 Å². The van der Waals surface area contributed by atoms with Gasteiger partial charge in [0.25, 0.3) is 0 Å². The maximum atomic E-state index is 11.2. The van der Waals surface area contributed by atoms with Gasteiger partial charge < -0.3 is 10.1 Å². The molecule has 0 saturated carbocycles. The van der Waals surface area contributed by atoms with Crippen molar-refractivity contribution in [3.8, 4) is 0 Å². The molecular formula is C8H17NO2S. The summed E-state index contributed by atoms with van der Waals surface area (Å²) < 4.78 is 5.29. The van der Waals surface area contributed by atoms with Crippen molar-refractivity contribution in [1.82, 2.24) is 5.32 Å². The normalized spacial score (nSPS) is 13.1. The Hall–Kier alpha value is -0.220. The van der Waals surface area contributed by atoms with E-state index in [9.17, 15) is 4.79 Å². The molecule has 0 aromatic carbocycles. The Morgan fingerprint density at radius 2 is 2.08 bits per heavy atom. The molecule has 1 N–H and O–H groups in total. The second-order valence-electron chi connectivity index (χ2n) is 2.80. The van der Waals surface area contributed by atoms with Gasteiger partial charge in [-0.2, -0.15) is 0 Å². The van der Waals surface area contributed by atoms with Crippen molar-refractivity contribution in [2.75, 3.05) is 12.1 Å². The average Bonchev–Trinajstić information content (AvgIpc) is 1.98. The molecule has 0 aliphatic carbocycles. The summed E-state index contributed by atoms with van der Waals surface area (Å²) in [5, 5.41) is 2.74. The van der Waals surface area contributed by atoms with Crippen LogP contribution < -0.4 is 5.32 Å². The van der Waals surface area contributed by atoms with Gasteiger partial charge in [0.15, 0.2) is 0 Å². The Balaban J connectivity index is 3.61. The van der Waals surface area contributed by atoms with Crippen LogP contribution in [-0.2, 0) is 9.53 Å². The van der Waals surface area contributed by atoms with Crippen LogP contribution in [0.3, 0.4) is 0 Å². The summed E-state index contributed by atoms with van der Waals surface area (Å²) in [7, 11) is 0. The summed E-state index contributed by atoms with van der Waals surface area (Å²) in [6.07, 6.45) is 1.69. The van der Waals surface area contributed by atoms with Gasteiger partial charge >= 0.3 is 0 Å². The zero-order valence-corrected chi connectivity index (χ0v) is 8.90. The number of hydrogen-bond donors (Lipinski definition) is 1. The van der Waals surface area contributed by atoms with Gasteiger partial charge in [0.2, 0.25) is 5.91 Å². The summed E-state index contributed by atoms with van der Waals surface area (Å²) in [5.74, 6) is 0.600. The van der Waals surface area contributed by atoms with E-state index in [1.807, 2.05) is 20.1 Å². The smallest absolute Gasteiger partial charge is 0.249 e. The summed E-state index contributed by atoms with van der Waals surface area (Å²) in [5.41, 5.74) is 0. The number of thioether (sulfide) groups is 1. The third-order valence-electron chi connectivity index (χ3n) is 1.24. The molecule has 0 spiro atoms. The fourth-order valence-corrected chi connectivity index (χ4v) is 1.04. The minimum absolute atomic E-state index is 0.0435. The van der Waals surface area contributed by atoms with Crippen molar-refractivity contribution in [2.45, 2.75) is 33.0 Å². The summed E-state index contributed by atoms with van der Waals surface area (Å²) >= 11 is 1.58. The van der Waals surface area contributed by atoms with Gasteiger partial charge in [0, 0.05) is 0 Å². The highest BCUT2D eigenvalue weighted by Crippen LogP contribution is 1.97. The largest absolute Gasteiger partial charge is 0.366 e. The van der Waals surface area contributed by atoms with Crippen LogP contribution in [0.4, 0.5) is 0 Å². The van der Waals surface area contributed by atoms with Crippen LogP contribution in [-0.4, -0.2) is 30.2 Å². The molecule has 12 heavy (non-hydrogen) atoms. The van der Waals surface area contributed by atoms with Crippen LogP contribution in [0.5, 0.6) is 0 Å². The number of rotatable bonds is 5. The number of ether oxygens (including phenoxy) is 1. The standard InChI is InChI=1S/C8H17NO2S/c1-6(2)11-7(3)8(10)9-5-12-4/h6-7H,5H2,1-4H3,(H,9,10). The van der Waals surface area contributed by atoms with Crippen LogP contribution in [0.2, 0.25) is 0 Å². The number of carbonyl (C=O) groups is 1. The Bertz CT molecular complexity index is 139. The average molecular weight is 191 g/mol. The van der Waals surface area contributed by atoms with E-state index in [2.05, 4.69) is 5.32 Å². The highest BCUT2D eigenvalue weighted by Gasteiger charge is 2.13. The maximum absolute atomic E-state index is 11.2. The zero-order valence-electron chi connectivity index (χ0n) is 8.09. The molecule has 0 aliphatic rings. The van der Waals surface area contributed by atoms with Crippen LogP contribution in [0.25, 0.3) is 0 Å². The SMILES string of the molecule is CSCNC(=O)C(C)OC(C)C. The predicted molar refractivity (Wildman–Crippen MR) is 52.2 cm³/mol. The lowest BCUT2D eigenvalue weighted by Crippen LogP contribution is -2.35. The fraction of sp³-hybridized carbons (Fsp3) is 0.875. The molecule has 1 unspecified atom stereocenters. The fourth-order valence-electron chi connectivity index (χ4n) is 0.757. The van der Waals surface area contributed by atoms with E-state index in [1.54, 1.807) is 18.7 Å². The van der Waals surface area contributed by atoms with E-state index in [0.717, 1.165) is 0 Å². The van der Waals surface area contributed by atoms with Gasteiger partial charge in [-0.25, -0.2) is 0 Å². The molecular weight excluding hydrogens is 174 g/mol. The van der Waals surface area contributed by atoms with Gasteiger partial charge in [0.05, 0.1) is 12.0 Å². The minimum Gasteiger partial charge on any atom is -0.366 e. The Morgan fingerprint density at radius 1 is 1.50 bits per heavy atom. The number of nitrogens with one attached hydrogen (secondary N) is 1. The molecule has 1 atom stereocenters. The van der Waals surface area contributed by atoms with Gasteiger partial charge in [-0.1, -0.05) is 0 Å². The topological polar surface area (TPSA) is 38.3 Å². The first-order valence-electron chi connectivity index (χ1n) is 4.00. The summed E-state index contributed by atoms with van der Waals surface area (Å²) in [6, 6.07) is 0. The number of hydrogen-bond acceptors (Lipinski definition) is 3. The van der Waals surface area contributed by atoms with E-state index in [-0.39, 0.29) is 18.1 Å². The van der Waals surface area contributed by atoms with E-state index < -0.39 is 0 Å². The predicted octanol–water partition coefficient (Wildman–Crippen LogP) is 1.24. The molecule has 4 heteroatoms.